The maximum absolute atomic E-state index is 12.6. The molecule has 1 aliphatic carbocycles. The summed E-state index contributed by atoms with van der Waals surface area (Å²) in [6.45, 7) is 3.59. The number of benzene rings is 2. The summed E-state index contributed by atoms with van der Waals surface area (Å²) in [7, 11) is 1.65. The number of nitrogens with one attached hydrogen (secondary N) is 2. The molecule has 1 atom stereocenters. The third kappa shape index (κ3) is 13.5. The van der Waals surface area contributed by atoms with E-state index in [2.05, 4.69) is 22.8 Å². The van der Waals surface area contributed by atoms with Gasteiger partial charge in [-0.1, -0.05) is 41.5 Å². The van der Waals surface area contributed by atoms with Crippen molar-refractivity contribution < 1.29 is 52.9 Å². The van der Waals surface area contributed by atoms with E-state index in [1.54, 1.807) is 7.11 Å². The first-order valence-corrected chi connectivity index (χ1v) is 18.6. The number of ether oxygens (including phenoxy) is 4. The molecule has 0 spiro atoms. The number of fused-ring (bicyclic) bond motifs is 3. The molecule has 14 nitrogen and oxygen atoms in total. The number of unbranched alkanes of at least 4 members (excludes halogenated alkanes) is 1. The monoisotopic (exact) mass is 739 g/mol. The van der Waals surface area contributed by atoms with Crippen LogP contribution >= 0.6 is 0 Å². The number of hydroxylamine groups is 2. The van der Waals surface area contributed by atoms with Crippen molar-refractivity contribution in [2.45, 2.75) is 76.5 Å². The van der Waals surface area contributed by atoms with Crippen LogP contribution in [0.3, 0.4) is 0 Å². The molecule has 53 heavy (non-hydrogen) atoms. The maximum atomic E-state index is 12.6. The average Bonchev–Trinajstić information content (AvgIpc) is 3.63. The van der Waals surface area contributed by atoms with Gasteiger partial charge in [0.1, 0.15) is 6.61 Å². The molecule has 1 fully saturated rings. The molecule has 0 aromatic heterocycles. The Hall–Kier alpha value is -4.37. The second-order valence-electron chi connectivity index (χ2n) is 13.0. The van der Waals surface area contributed by atoms with Crippen molar-refractivity contribution in [1.82, 2.24) is 15.7 Å². The Morgan fingerprint density at radius 2 is 1.28 bits per heavy atom. The van der Waals surface area contributed by atoms with Crippen LogP contribution in [0.15, 0.2) is 36.4 Å². The number of imide groups is 1. The predicted molar refractivity (Wildman–Crippen MR) is 194 cm³/mol. The van der Waals surface area contributed by atoms with Crippen molar-refractivity contribution in [3.05, 3.63) is 58.7 Å². The fourth-order valence-corrected chi connectivity index (χ4v) is 6.29. The van der Waals surface area contributed by atoms with Gasteiger partial charge in [-0.05, 0) is 78.3 Å². The number of amides is 4. The number of carbonyl (C=O) groups is 5. The molecule has 1 heterocycles. The molecule has 4 rings (SSSR count). The number of aliphatic hydroxyl groups is 1. The number of carbonyl (C=O) groups excluding carboxylic acids is 5. The quantitative estimate of drug-likeness (QED) is 0.0768. The molecule has 1 saturated heterocycles. The molecule has 14 heteroatoms. The number of rotatable bonds is 25. The van der Waals surface area contributed by atoms with Crippen LogP contribution in [0.5, 0.6) is 0 Å². The van der Waals surface area contributed by atoms with E-state index in [1.807, 2.05) is 24.3 Å². The standard InChI is InChI=1S/C39H53N3O11/c1-49-20-6-22-51-24-18-41-36(45)10-5-8-29-12-14-31-30-13-11-28(7-4-9-35(44)40-17-23-50-21-3-2-19-43)25-32(30)34(33(31)26-29)27-52-39(48)53-42-37(46)15-16-38(42)47/h11-14,25-26,34,43H,2-10,15-24,27H2,1H3,(H,40,44)(H,41,45). The SMILES string of the molecule is COCCCOCCNC(=O)CCCc1ccc2c(c1)C(COC(=O)ON1C(=O)CCC1=O)c1cc(CCCC(=O)NCCOCCCCO)ccc1-2. The minimum Gasteiger partial charge on any atom is -0.432 e. The number of hydrogen-bond donors (Lipinski definition) is 3. The Kier molecular flexibility index (Phi) is 17.7. The van der Waals surface area contributed by atoms with Crippen molar-refractivity contribution in [3.8, 4) is 11.1 Å². The topological polar surface area (TPSA) is 179 Å². The van der Waals surface area contributed by atoms with E-state index in [1.165, 1.54) is 0 Å². The molecule has 0 saturated carbocycles. The van der Waals surface area contributed by atoms with Crippen molar-refractivity contribution in [1.29, 1.82) is 0 Å². The van der Waals surface area contributed by atoms with Gasteiger partial charge in [-0.2, -0.15) is 0 Å². The number of nitrogens with zero attached hydrogens (tertiary/aromatic N) is 1. The lowest BCUT2D eigenvalue weighted by Gasteiger charge is -2.17. The Bertz CT molecular complexity index is 1430. The second-order valence-corrected chi connectivity index (χ2v) is 13.0. The van der Waals surface area contributed by atoms with Crippen LogP contribution in [0.25, 0.3) is 11.1 Å². The van der Waals surface area contributed by atoms with Gasteiger partial charge in [-0.15, -0.1) is 0 Å². The highest BCUT2D eigenvalue weighted by atomic mass is 16.8. The summed E-state index contributed by atoms with van der Waals surface area (Å²) in [6, 6.07) is 12.3. The fourth-order valence-electron chi connectivity index (χ4n) is 6.29. The van der Waals surface area contributed by atoms with Crippen LogP contribution < -0.4 is 10.6 Å². The van der Waals surface area contributed by atoms with Gasteiger partial charge in [0.15, 0.2) is 0 Å². The van der Waals surface area contributed by atoms with E-state index < -0.39 is 18.0 Å². The molecule has 2 aromatic carbocycles. The summed E-state index contributed by atoms with van der Waals surface area (Å²) in [5.41, 5.74) is 6.00. The zero-order chi connectivity index (χ0) is 37.8. The lowest BCUT2D eigenvalue weighted by Crippen LogP contribution is -2.32. The van der Waals surface area contributed by atoms with Gasteiger partial charge in [-0.25, -0.2) is 4.79 Å². The molecule has 3 N–H and O–H groups in total. The molecule has 0 bridgehead atoms. The van der Waals surface area contributed by atoms with E-state index in [-0.39, 0.29) is 43.8 Å². The van der Waals surface area contributed by atoms with E-state index in [9.17, 15) is 24.0 Å². The smallest absolute Gasteiger partial charge is 0.432 e. The molecule has 1 unspecified atom stereocenters. The summed E-state index contributed by atoms with van der Waals surface area (Å²) in [6.07, 6.45) is 4.45. The lowest BCUT2D eigenvalue weighted by atomic mass is 9.94. The second kappa shape index (κ2) is 22.6. The van der Waals surface area contributed by atoms with Gasteiger partial charge in [0.2, 0.25) is 11.8 Å². The highest BCUT2D eigenvalue weighted by molar-refractivity contribution is 6.01. The van der Waals surface area contributed by atoms with Gasteiger partial charge in [-0.3, -0.25) is 24.0 Å². The molecule has 2 aromatic rings. The summed E-state index contributed by atoms with van der Waals surface area (Å²) >= 11 is 0. The summed E-state index contributed by atoms with van der Waals surface area (Å²) in [5.74, 6) is -1.61. The zero-order valence-electron chi connectivity index (χ0n) is 30.7. The van der Waals surface area contributed by atoms with E-state index in [4.69, 9.17) is 28.9 Å². The van der Waals surface area contributed by atoms with E-state index in [0.29, 0.717) is 96.1 Å². The van der Waals surface area contributed by atoms with Crippen LogP contribution in [-0.2, 0) is 55.8 Å². The predicted octanol–water partition coefficient (Wildman–Crippen LogP) is 3.74. The minimum absolute atomic E-state index is 0.0192. The van der Waals surface area contributed by atoms with Crippen molar-refractivity contribution >= 4 is 29.8 Å². The molecule has 0 radical (unpaired) electrons. The molecule has 290 valence electrons. The molecule has 4 amide bonds. The van der Waals surface area contributed by atoms with E-state index in [0.717, 1.165) is 46.2 Å². The normalized spacial score (nSPS) is 14.6. The maximum Gasteiger partial charge on any atom is 0.533 e. The summed E-state index contributed by atoms with van der Waals surface area (Å²) in [5, 5.41) is 15.1. The largest absolute Gasteiger partial charge is 0.533 e. The highest BCUT2D eigenvalue weighted by Crippen LogP contribution is 2.46. The van der Waals surface area contributed by atoms with Gasteiger partial charge in [0.25, 0.3) is 11.8 Å². The molecular formula is C39H53N3O11. The number of aryl methyl sites for hydroxylation is 2. The van der Waals surface area contributed by atoms with Crippen LogP contribution in [0.1, 0.15) is 86.0 Å². The number of hydrogen-bond acceptors (Lipinski definition) is 11. The first-order valence-electron chi connectivity index (χ1n) is 18.6. The Labute approximate surface area is 310 Å². The molecule has 2 aliphatic rings. The first-order chi connectivity index (χ1) is 25.8. The number of aliphatic hydroxyl groups excluding tert-OH is 1. The lowest BCUT2D eigenvalue weighted by molar-refractivity contribution is -0.177. The van der Waals surface area contributed by atoms with Crippen molar-refractivity contribution in [3.63, 3.8) is 0 Å². The Morgan fingerprint density at radius 3 is 1.81 bits per heavy atom. The summed E-state index contributed by atoms with van der Waals surface area (Å²) in [4.78, 5) is 66.3. The third-order valence-electron chi connectivity index (χ3n) is 9.02. The minimum atomic E-state index is -1.14. The average molecular weight is 740 g/mol. The fraction of sp³-hybridized carbons (Fsp3) is 0.564. The van der Waals surface area contributed by atoms with Gasteiger partial charge in [0, 0.05) is 78.2 Å². The van der Waals surface area contributed by atoms with Crippen LogP contribution in [0.4, 0.5) is 4.79 Å². The van der Waals surface area contributed by atoms with Crippen LogP contribution in [0.2, 0.25) is 0 Å². The Balaban J connectivity index is 1.33. The van der Waals surface area contributed by atoms with Gasteiger partial charge in [0.05, 0.1) is 13.2 Å². The molecule has 1 aliphatic heterocycles. The van der Waals surface area contributed by atoms with Crippen LogP contribution in [0, 0.1) is 0 Å². The van der Waals surface area contributed by atoms with Crippen molar-refractivity contribution in [2.75, 3.05) is 66.4 Å². The van der Waals surface area contributed by atoms with E-state index >= 15 is 0 Å². The first kappa shape index (κ1) is 41.4. The molecular weight excluding hydrogens is 686 g/mol. The zero-order valence-corrected chi connectivity index (χ0v) is 30.7. The van der Waals surface area contributed by atoms with Crippen LogP contribution in [-0.4, -0.2) is 106 Å². The van der Waals surface area contributed by atoms with Crippen molar-refractivity contribution in [2.24, 2.45) is 0 Å². The number of methoxy groups -OCH3 is 1. The summed E-state index contributed by atoms with van der Waals surface area (Å²) < 4.78 is 21.4. The van der Waals surface area contributed by atoms with Gasteiger partial charge < -0.3 is 34.7 Å². The Morgan fingerprint density at radius 1 is 0.736 bits per heavy atom. The van der Waals surface area contributed by atoms with Gasteiger partial charge >= 0.3 is 6.16 Å². The third-order valence-corrected chi connectivity index (χ3v) is 9.02. The highest BCUT2D eigenvalue weighted by Gasteiger charge is 2.35.